The number of nitrogens with one attached hydrogen (secondary N) is 5. The van der Waals surface area contributed by atoms with Crippen molar-refractivity contribution in [1.29, 1.82) is 0 Å². The molecule has 4 aromatic carbocycles. The number of hydrogen-bond acceptors (Lipinski definition) is 6. The Bertz CT molecular complexity index is 3870. The third-order valence-corrected chi connectivity index (χ3v) is 12.7. The Labute approximate surface area is 362 Å². The minimum absolute atomic E-state index is 0.164. The van der Waals surface area contributed by atoms with Crippen LogP contribution in [-0.4, -0.2) is 55.3 Å². The normalized spacial score (nSPS) is 13.2. The van der Waals surface area contributed by atoms with E-state index in [9.17, 15) is 20.4 Å². The van der Waals surface area contributed by atoms with Crippen LogP contribution in [0.4, 0.5) is 0 Å². The Morgan fingerprint density at radius 3 is 1.19 bits per heavy atom. The monoisotopic (exact) mass is 833 g/mol. The van der Waals surface area contributed by atoms with Gasteiger partial charge in [-0.1, -0.05) is 12.1 Å². The highest BCUT2D eigenvalue weighted by Crippen LogP contribution is 2.44. The highest BCUT2D eigenvalue weighted by atomic mass is 16.3. The molecule has 2 aliphatic heterocycles. The Morgan fingerprint density at radius 2 is 0.750 bits per heavy atom. The molecule has 11 heteroatoms. The number of fused-ring (bicyclic) bond motifs is 12. The first kappa shape index (κ1) is 35.8. The van der Waals surface area contributed by atoms with Crippen LogP contribution in [0.3, 0.4) is 0 Å². The maximum Gasteiger partial charge on any atom is 0.117 e. The molecule has 11 nitrogen and oxygen atoms in total. The number of H-pyrrole nitrogens is 5. The zero-order chi connectivity index (χ0) is 42.8. The van der Waals surface area contributed by atoms with E-state index >= 15 is 0 Å². The molecule has 0 radical (unpaired) electrons. The van der Waals surface area contributed by atoms with Crippen LogP contribution < -0.4 is 0 Å². The molecule has 8 bridgehead atoms. The summed E-state index contributed by atoms with van der Waals surface area (Å²) >= 11 is 0. The van der Waals surface area contributed by atoms with Crippen LogP contribution in [-0.2, 0) is 6.42 Å². The Kier molecular flexibility index (Phi) is 7.41. The van der Waals surface area contributed by atoms with Crippen molar-refractivity contribution in [2.45, 2.75) is 6.42 Å². The van der Waals surface area contributed by atoms with Crippen molar-refractivity contribution in [3.63, 3.8) is 0 Å². The number of aromatic hydroxyl groups is 4. The zero-order valence-corrected chi connectivity index (χ0v) is 33.7. The molecule has 0 atom stereocenters. The number of phenolic OH excluding ortho intramolecular Hbond substituents is 4. The number of aromatic nitrogens is 7. The molecule has 8 heterocycles. The van der Waals surface area contributed by atoms with E-state index < -0.39 is 0 Å². The van der Waals surface area contributed by atoms with Crippen molar-refractivity contribution in [2.75, 3.05) is 0 Å². The van der Waals surface area contributed by atoms with E-state index in [0.717, 1.165) is 133 Å². The highest BCUT2D eigenvalue weighted by molar-refractivity contribution is 6.09. The van der Waals surface area contributed by atoms with Gasteiger partial charge in [0.05, 0.1) is 22.8 Å². The van der Waals surface area contributed by atoms with Crippen LogP contribution in [0.5, 0.6) is 23.0 Å². The molecule has 9 N–H and O–H groups in total. The van der Waals surface area contributed by atoms with Gasteiger partial charge in [-0.3, -0.25) is 0 Å². The van der Waals surface area contributed by atoms with Crippen molar-refractivity contribution >= 4 is 84.7 Å². The largest absolute Gasteiger partial charge is 0.508 e. The summed E-state index contributed by atoms with van der Waals surface area (Å²) in [6, 6.07) is 29.8. The topological polar surface area (TPSA) is 186 Å². The van der Waals surface area contributed by atoms with Gasteiger partial charge in [0.15, 0.2) is 0 Å². The zero-order valence-electron chi connectivity index (χ0n) is 33.7. The lowest BCUT2D eigenvalue weighted by atomic mass is 9.97. The molecule has 13 rings (SSSR count). The van der Waals surface area contributed by atoms with Crippen LogP contribution in [0, 0.1) is 0 Å². The third kappa shape index (κ3) is 5.40. The molecule has 64 heavy (non-hydrogen) atoms. The van der Waals surface area contributed by atoms with Gasteiger partial charge in [-0.2, -0.15) is 0 Å². The maximum absolute atomic E-state index is 10.5. The molecule has 0 saturated heterocycles. The van der Waals surface area contributed by atoms with Gasteiger partial charge in [0.25, 0.3) is 0 Å². The first-order chi connectivity index (χ1) is 31.3. The Morgan fingerprint density at radius 1 is 0.375 bits per heavy atom. The van der Waals surface area contributed by atoms with E-state index in [-0.39, 0.29) is 23.0 Å². The molecule has 3 aliphatic rings. The lowest BCUT2D eigenvalue weighted by molar-refractivity contribution is 0.474. The van der Waals surface area contributed by atoms with Crippen LogP contribution in [0.2, 0.25) is 0 Å². The summed E-state index contributed by atoms with van der Waals surface area (Å²) in [7, 11) is 0. The molecule has 0 spiro atoms. The number of allylic oxidation sites excluding steroid dienone is 1. The summed E-state index contributed by atoms with van der Waals surface area (Å²) in [5.74, 6) is 0.721. The standard InChI is InChI=1S/C53H35N7O4/c61-27-2-7-31-26(19-27)1-6-35(31)50-39-11-13-41(57-39)51(36-23-54-47-20-28(62)3-8-32(36)47)43-15-17-45(59-43)53(38-25-56-49-22-30(64)5-10-34(38)49)46-18-16-44(60-46)52(42-14-12-40(50)58-42)37-24-55-48-21-29(63)4-9-33(37)48/h2-25,54-57,60-64H,1H2. The van der Waals surface area contributed by atoms with Gasteiger partial charge in [0.2, 0.25) is 0 Å². The quantitative estimate of drug-likeness (QED) is 0.0849. The molecule has 0 fully saturated rings. The molecule has 1 aliphatic carbocycles. The average molecular weight is 834 g/mol. The van der Waals surface area contributed by atoms with Gasteiger partial charge >= 0.3 is 0 Å². The van der Waals surface area contributed by atoms with Crippen molar-refractivity contribution in [3.05, 3.63) is 161 Å². The summed E-state index contributed by atoms with van der Waals surface area (Å²) in [5, 5.41) is 44.5. The summed E-state index contributed by atoms with van der Waals surface area (Å²) in [6.45, 7) is 0. The molecule has 306 valence electrons. The van der Waals surface area contributed by atoms with E-state index in [1.54, 1.807) is 42.5 Å². The van der Waals surface area contributed by atoms with Crippen LogP contribution in [0.25, 0.3) is 118 Å². The Balaban J connectivity index is 1.20. The van der Waals surface area contributed by atoms with E-state index in [2.05, 4.69) is 67.4 Å². The molecule has 0 amide bonds. The third-order valence-electron chi connectivity index (χ3n) is 12.7. The van der Waals surface area contributed by atoms with E-state index in [1.165, 1.54) is 0 Å². The number of rotatable bonds is 4. The van der Waals surface area contributed by atoms with Crippen LogP contribution in [0.15, 0.2) is 122 Å². The van der Waals surface area contributed by atoms with Gasteiger partial charge < -0.3 is 45.3 Å². The predicted octanol–water partition coefficient (Wildman–Crippen LogP) is 11.9. The number of nitrogens with zero attached hydrogens (tertiary/aromatic N) is 2. The second-order valence-electron chi connectivity index (χ2n) is 16.5. The highest BCUT2D eigenvalue weighted by Gasteiger charge is 2.25. The van der Waals surface area contributed by atoms with E-state index in [4.69, 9.17) is 9.97 Å². The number of phenols is 4. The second-order valence-corrected chi connectivity index (χ2v) is 16.5. The molecule has 0 unspecified atom stereocenters. The SMILES string of the molecule is Oc1ccc2c(c1)CC=C2c1c2nc(c(-c3c[nH]c4cc(O)ccc34)c3ccc([nH]3)c(-c3c[nH]c4cc(O)ccc34)c3nc(c(-c4c[nH]c5cc(O)ccc45)c4ccc1[nH]4)C=C3)C=C2. The van der Waals surface area contributed by atoms with Crippen molar-refractivity contribution in [3.8, 4) is 56.4 Å². The van der Waals surface area contributed by atoms with Gasteiger partial charge in [-0.05, 0) is 120 Å². The van der Waals surface area contributed by atoms with Gasteiger partial charge in [-0.15, -0.1) is 0 Å². The van der Waals surface area contributed by atoms with Crippen molar-refractivity contribution in [1.82, 2.24) is 34.9 Å². The van der Waals surface area contributed by atoms with Crippen LogP contribution in [0.1, 0.15) is 39.5 Å². The lowest BCUT2D eigenvalue weighted by Gasteiger charge is -2.09. The van der Waals surface area contributed by atoms with Crippen LogP contribution >= 0.6 is 0 Å². The maximum atomic E-state index is 10.5. The fraction of sp³-hybridized carbons (Fsp3) is 0.0189. The van der Waals surface area contributed by atoms with Gasteiger partial charge in [-0.25, -0.2) is 9.97 Å². The smallest absolute Gasteiger partial charge is 0.117 e. The summed E-state index contributed by atoms with van der Waals surface area (Å²) in [6.07, 6.45) is 16.9. The first-order valence-corrected chi connectivity index (χ1v) is 20.9. The minimum Gasteiger partial charge on any atom is -0.508 e. The van der Waals surface area contributed by atoms with Crippen molar-refractivity contribution < 1.29 is 20.4 Å². The first-order valence-electron chi connectivity index (χ1n) is 20.9. The lowest BCUT2D eigenvalue weighted by Crippen LogP contribution is -1.93. The van der Waals surface area contributed by atoms with Gasteiger partial charge in [0, 0.05) is 131 Å². The predicted molar refractivity (Wildman–Crippen MR) is 255 cm³/mol. The summed E-state index contributed by atoms with van der Waals surface area (Å²) in [5.41, 5.74) is 17.9. The minimum atomic E-state index is 0.164. The molecule has 6 aromatic heterocycles. The average Bonchev–Trinajstić information content (AvgIpc) is 4.14. The Hall–Kier alpha value is -8.96. The van der Waals surface area contributed by atoms with E-state index in [1.807, 2.05) is 61.1 Å². The molecule has 10 aromatic rings. The molecular weight excluding hydrogens is 799 g/mol. The number of benzene rings is 4. The number of aromatic amines is 5. The summed E-state index contributed by atoms with van der Waals surface area (Å²) in [4.78, 5) is 28.7. The van der Waals surface area contributed by atoms with Crippen molar-refractivity contribution in [2.24, 2.45) is 0 Å². The molecule has 0 saturated carbocycles. The van der Waals surface area contributed by atoms with E-state index in [0.29, 0.717) is 6.42 Å². The second kappa shape index (κ2) is 13.3. The number of hydrogen-bond donors (Lipinski definition) is 9. The fourth-order valence-corrected chi connectivity index (χ4v) is 9.87. The molecular formula is C53H35N7O4. The van der Waals surface area contributed by atoms with Gasteiger partial charge in [0.1, 0.15) is 23.0 Å². The fourth-order valence-electron chi connectivity index (χ4n) is 9.87. The summed E-state index contributed by atoms with van der Waals surface area (Å²) < 4.78 is 0.